The van der Waals surface area contributed by atoms with Crippen molar-refractivity contribution in [3.05, 3.63) is 70.8 Å². The SMILES string of the molecule is Cc1cc(C(=O)OCCOCc2ccccc2)ccc1C(C)C. The Morgan fingerprint density at radius 1 is 1.04 bits per heavy atom. The number of benzene rings is 2. The van der Waals surface area contributed by atoms with Crippen molar-refractivity contribution in [2.45, 2.75) is 33.3 Å². The largest absolute Gasteiger partial charge is 0.460 e. The fourth-order valence-corrected chi connectivity index (χ4v) is 2.49. The first-order valence-corrected chi connectivity index (χ1v) is 7.97. The highest BCUT2D eigenvalue weighted by Gasteiger charge is 2.10. The first-order valence-electron chi connectivity index (χ1n) is 7.97. The van der Waals surface area contributed by atoms with Crippen LogP contribution >= 0.6 is 0 Å². The summed E-state index contributed by atoms with van der Waals surface area (Å²) in [6, 6.07) is 15.7. The van der Waals surface area contributed by atoms with Gasteiger partial charge in [-0.05, 0) is 41.7 Å². The van der Waals surface area contributed by atoms with Gasteiger partial charge < -0.3 is 9.47 Å². The summed E-state index contributed by atoms with van der Waals surface area (Å²) in [6.07, 6.45) is 0. The molecule has 0 unspecified atom stereocenters. The number of hydrogen-bond donors (Lipinski definition) is 0. The Kier molecular flexibility index (Phi) is 6.36. The minimum atomic E-state index is -0.299. The van der Waals surface area contributed by atoms with E-state index < -0.39 is 0 Å². The molecule has 23 heavy (non-hydrogen) atoms. The van der Waals surface area contributed by atoms with Crippen LogP contribution < -0.4 is 0 Å². The maximum atomic E-state index is 12.0. The van der Waals surface area contributed by atoms with Crippen LogP contribution in [-0.4, -0.2) is 19.2 Å². The van der Waals surface area contributed by atoms with Gasteiger partial charge in [0.2, 0.25) is 0 Å². The molecule has 0 atom stereocenters. The second-order valence-corrected chi connectivity index (χ2v) is 5.90. The highest BCUT2D eigenvalue weighted by molar-refractivity contribution is 5.89. The zero-order valence-electron chi connectivity index (χ0n) is 14.0. The molecule has 0 saturated heterocycles. The molecule has 0 fully saturated rings. The van der Waals surface area contributed by atoms with Crippen molar-refractivity contribution in [1.29, 1.82) is 0 Å². The lowest BCUT2D eigenvalue weighted by Gasteiger charge is -2.11. The van der Waals surface area contributed by atoms with E-state index in [0.717, 1.165) is 11.1 Å². The first-order chi connectivity index (χ1) is 11.1. The maximum Gasteiger partial charge on any atom is 0.338 e. The molecule has 2 aromatic rings. The number of carbonyl (C=O) groups excluding carboxylic acids is 1. The summed E-state index contributed by atoms with van der Waals surface area (Å²) < 4.78 is 10.8. The second-order valence-electron chi connectivity index (χ2n) is 5.90. The predicted molar refractivity (Wildman–Crippen MR) is 91.6 cm³/mol. The van der Waals surface area contributed by atoms with Gasteiger partial charge in [-0.25, -0.2) is 4.79 Å². The number of carbonyl (C=O) groups is 1. The Balaban J connectivity index is 1.75. The van der Waals surface area contributed by atoms with Gasteiger partial charge in [0.15, 0.2) is 0 Å². The second kappa shape index (κ2) is 8.49. The van der Waals surface area contributed by atoms with Crippen molar-refractivity contribution in [2.24, 2.45) is 0 Å². The average Bonchev–Trinajstić information content (AvgIpc) is 2.55. The van der Waals surface area contributed by atoms with Crippen LogP contribution in [0.1, 0.15) is 46.8 Å². The molecule has 0 aliphatic rings. The van der Waals surface area contributed by atoms with Crippen molar-refractivity contribution in [3.8, 4) is 0 Å². The lowest BCUT2D eigenvalue weighted by Crippen LogP contribution is -2.11. The minimum absolute atomic E-state index is 0.261. The molecular weight excluding hydrogens is 288 g/mol. The Morgan fingerprint density at radius 3 is 2.43 bits per heavy atom. The molecule has 2 rings (SSSR count). The van der Waals surface area contributed by atoms with Crippen molar-refractivity contribution in [1.82, 2.24) is 0 Å². The summed E-state index contributed by atoms with van der Waals surface area (Å²) in [4.78, 5) is 12.0. The molecule has 0 aliphatic heterocycles. The van der Waals surface area contributed by atoms with Crippen LogP contribution in [0.15, 0.2) is 48.5 Å². The van der Waals surface area contributed by atoms with Crippen LogP contribution in [0.25, 0.3) is 0 Å². The van der Waals surface area contributed by atoms with Crippen LogP contribution in [0.3, 0.4) is 0 Å². The topological polar surface area (TPSA) is 35.5 Å². The summed E-state index contributed by atoms with van der Waals surface area (Å²) in [7, 11) is 0. The van der Waals surface area contributed by atoms with Gasteiger partial charge in [0.1, 0.15) is 6.61 Å². The smallest absolute Gasteiger partial charge is 0.338 e. The van der Waals surface area contributed by atoms with Crippen LogP contribution in [0.4, 0.5) is 0 Å². The molecule has 3 heteroatoms. The molecule has 0 spiro atoms. The summed E-state index contributed by atoms with van der Waals surface area (Å²) in [5, 5.41) is 0. The number of hydrogen-bond acceptors (Lipinski definition) is 3. The molecule has 122 valence electrons. The van der Waals surface area contributed by atoms with Gasteiger partial charge in [-0.15, -0.1) is 0 Å². The van der Waals surface area contributed by atoms with Crippen LogP contribution in [0, 0.1) is 6.92 Å². The third-order valence-corrected chi connectivity index (χ3v) is 3.70. The molecule has 0 radical (unpaired) electrons. The fourth-order valence-electron chi connectivity index (χ4n) is 2.49. The van der Waals surface area contributed by atoms with Gasteiger partial charge in [-0.1, -0.05) is 50.2 Å². The molecule has 0 N–H and O–H groups in total. The minimum Gasteiger partial charge on any atom is -0.460 e. The number of aryl methyl sites for hydroxylation is 1. The van der Waals surface area contributed by atoms with Gasteiger partial charge in [0, 0.05) is 0 Å². The molecular formula is C20H24O3. The highest BCUT2D eigenvalue weighted by Crippen LogP contribution is 2.20. The number of esters is 1. The molecule has 0 amide bonds. The van der Waals surface area contributed by atoms with Crippen LogP contribution in [-0.2, 0) is 16.1 Å². The normalized spacial score (nSPS) is 10.8. The standard InChI is InChI=1S/C20H24O3/c1-15(2)19-10-9-18(13-16(19)3)20(21)23-12-11-22-14-17-7-5-4-6-8-17/h4-10,13,15H,11-12,14H2,1-3H3. The third kappa shape index (κ3) is 5.22. The molecule has 0 aromatic heterocycles. The quantitative estimate of drug-likeness (QED) is 0.558. The van der Waals surface area contributed by atoms with Crippen molar-refractivity contribution in [3.63, 3.8) is 0 Å². The van der Waals surface area contributed by atoms with Crippen molar-refractivity contribution < 1.29 is 14.3 Å². The average molecular weight is 312 g/mol. The van der Waals surface area contributed by atoms with Crippen LogP contribution in [0.2, 0.25) is 0 Å². The van der Waals surface area contributed by atoms with Gasteiger partial charge in [-0.2, -0.15) is 0 Å². The van der Waals surface area contributed by atoms with E-state index in [0.29, 0.717) is 24.7 Å². The van der Waals surface area contributed by atoms with Crippen molar-refractivity contribution in [2.75, 3.05) is 13.2 Å². The summed E-state index contributed by atoms with van der Waals surface area (Å²) in [5.41, 5.74) is 4.08. The van der Waals surface area contributed by atoms with E-state index in [9.17, 15) is 4.79 Å². The lowest BCUT2D eigenvalue weighted by molar-refractivity contribution is 0.0288. The van der Waals surface area contributed by atoms with E-state index in [1.165, 1.54) is 5.56 Å². The highest BCUT2D eigenvalue weighted by atomic mass is 16.6. The summed E-state index contributed by atoms with van der Waals surface area (Å²) in [6.45, 7) is 7.49. The molecule has 0 heterocycles. The first kappa shape index (κ1) is 17.2. The van der Waals surface area contributed by atoms with E-state index >= 15 is 0 Å². The fraction of sp³-hybridized carbons (Fsp3) is 0.350. The number of rotatable bonds is 7. The zero-order chi connectivity index (χ0) is 16.7. The molecule has 2 aromatic carbocycles. The van der Waals surface area contributed by atoms with Gasteiger partial charge in [0.25, 0.3) is 0 Å². The molecule has 0 aliphatic carbocycles. The van der Waals surface area contributed by atoms with E-state index in [2.05, 4.69) is 13.8 Å². The third-order valence-electron chi connectivity index (χ3n) is 3.70. The Labute approximate surface area is 138 Å². The predicted octanol–water partition coefficient (Wildman–Crippen LogP) is 4.49. The van der Waals surface area contributed by atoms with E-state index in [1.54, 1.807) is 0 Å². The van der Waals surface area contributed by atoms with E-state index in [4.69, 9.17) is 9.47 Å². The number of ether oxygens (including phenoxy) is 2. The Hall–Kier alpha value is -2.13. The van der Waals surface area contributed by atoms with Gasteiger partial charge >= 0.3 is 5.97 Å². The van der Waals surface area contributed by atoms with Crippen LogP contribution in [0.5, 0.6) is 0 Å². The van der Waals surface area contributed by atoms with Gasteiger partial charge in [-0.3, -0.25) is 0 Å². The van der Waals surface area contributed by atoms with Crippen molar-refractivity contribution >= 4 is 5.97 Å². The maximum absolute atomic E-state index is 12.0. The Bertz CT molecular complexity index is 633. The monoisotopic (exact) mass is 312 g/mol. The summed E-state index contributed by atoms with van der Waals surface area (Å²) in [5.74, 6) is 0.151. The van der Waals surface area contributed by atoms with E-state index in [1.807, 2.05) is 55.5 Å². The summed E-state index contributed by atoms with van der Waals surface area (Å²) >= 11 is 0. The van der Waals surface area contributed by atoms with E-state index in [-0.39, 0.29) is 12.6 Å². The molecule has 0 saturated carbocycles. The molecule has 0 bridgehead atoms. The zero-order valence-corrected chi connectivity index (χ0v) is 14.0. The molecule has 3 nitrogen and oxygen atoms in total. The van der Waals surface area contributed by atoms with Gasteiger partial charge in [0.05, 0.1) is 18.8 Å². The lowest BCUT2D eigenvalue weighted by atomic mass is 9.96. The Morgan fingerprint density at radius 2 is 1.78 bits per heavy atom.